The topological polar surface area (TPSA) is 29.1 Å². The third-order valence-electron chi connectivity index (χ3n) is 2.79. The molecular formula is C11H25NOS. The van der Waals surface area contributed by atoms with E-state index in [2.05, 4.69) is 26.1 Å². The van der Waals surface area contributed by atoms with E-state index < -0.39 is 10.8 Å². The predicted octanol–water partition coefficient (Wildman–Crippen LogP) is 2.17. The average molecular weight is 219 g/mol. The summed E-state index contributed by atoms with van der Waals surface area (Å²) in [5, 5.41) is 3.27. The number of hydrogen-bond donors (Lipinski definition) is 1. The molecule has 0 aromatic heterocycles. The van der Waals surface area contributed by atoms with Gasteiger partial charge in [-0.25, -0.2) is 0 Å². The summed E-state index contributed by atoms with van der Waals surface area (Å²) >= 11 is 0. The van der Waals surface area contributed by atoms with Gasteiger partial charge in [0, 0.05) is 28.3 Å². The molecule has 0 rings (SSSR count). The molecule has 0 fully saturated rings. The molecule has 3 unspecified atom stereocenters. The molecule has 0 aliphatic carbocycles. The first-order chi connectivity index (χ1) is 6.65. The molecule has 0 aromatic rings. The molecule has 0 bridgehead atoms. The van der Waals surface area contributed by atoms with Crippen LogP contribution in [0.4, 0.5) is 0 Å². The second kappa shape index (κ2) is 8.42. The Morgan fingerprint density at radius 1 is 1.36 bits per heavy atom. The molecule has 0 heterocycles. The van der Waals surface area contributed by atoms with Gasteiger partial charge in [0.05, 0.1) is 0 Å². The van der Waals surface area contributed by atoms with Crippen LogP contribution in [0.2, 0.25) is 0 Å². The Labute approximate surface area is 91.3 Å². The van der Waals surface area contributed by atoms with Crippen molar-refractivity contribution in [3.8, 4) is 0 Å². The van der Waals surface area contributed by atoms with Gasteiger partial charge in [-0.05, 0) is 19.4 Å². The zero-order valence-corrected chi connectivity index (χ0v) is 10.8. The van der Waals surface area contributed by atoms with Crippen LogP contribution in [0.3, 0.4) is 0 Å². The minimum Gasteiger partial charge on any atom is -0.316 e. The molecular weight excluding hydrogens is 194 g/mol. The van der Waals surface area contributed by atoms with E-state index in [1.165, 1.54) is 0 Å². The lowest BCUT2D eigenvalue weighted by atomic mass is 10.0. The summed E-state index contributed by atoms with van der Waals surface area (Å²) < 4.78 is 11.7. The Bertz CT molecular complexity index is 161. The summed E-state index contributed by atoms with van der Waals surface area (Å²) in [4.78, 5) is 0. The standard InChI is InChI=1S/C11H25NOS/c1-5-7-8-14(13)9-11(12-4)10(3)6-2/h10-12H,5-9H2,1-4H3. The molecule has 14 heavy (non-hydrogen) atoms. The van der Waals surface area contributed by atoms with Gasteiger partial charge in [0.2, 0.25) is 0 Å². The van der Waals surface area contributed by atoms with E-state index in [9.17, 15) is 4.21 Å². The number of rotatable bonds is 8. The van der Waals surface area contributed by atoms with E-state index in [-0.39, 0.29) is 0 Å². The van der Waals surface area contributed by atoms with E-state index in [0.717, 1.165) is 30.8 Å². The number of unbranched alkanes of at least 4 members (excludes halogenated alkanes) is 1. The molecule has 0 saturated heterocycles. The minimum absolute atomic E-state index is 0.415. The van der Waals surface area contributed by atoms with E-state index in [4.69, 9.17) is 0 Å². The van der Waals surface area contributed by atoms with Gasteiger partial charge < -0.3 is 5.32 Å². The van der Waals surface area contributed by atoms with Crippen LogP contribution < -0.4 is 5.32 Å². The SMILES string of the molecule is CCCCS(=O)CC(NC)C(C)CC. The Morgan fingerprint density at radius 2 is 2.00 bits per heavy atom. The highest BCUT2D eigenvalue weighted by Gasteiger charge is 2.16. The van der Waals surface area contributed by atoms with Crippen LogP contribution in [0.1, 0.15) is 40.0 Å². The molecule has 3 atom stereocenters. The highest BCUT2D eigenvalue weighted by Crippen LogP contribution is 2.09. The van der Waals surface area contributed by atoms with Gasteiger partial charge in [0.1, 0.15) is 0 Å². The average Bonchev–Trinajstić information content (AvgIpc) is 2.21. The molecule has 2 nitrogen and oxygen atoms in total. The van der Waals surface area contributed by atoms with Gasteiger partial charge in [-0.15, -0.1) is 0 Å². The Balaban J connectivity index is 3.85. The van der Waals surface area contributed by atoms with Crippen LogP contribution in [0, 0.1) is 5.92 Å². The molecule has 86 valence electrons. The molecule has 0 saturated carbocycles. The summed E-state index contributed by atoms with van der Waals surface area (Å²) in [7, 11) is 1.33. The van der Waals surface area contributed by atoms with Gasteiger partial charge in [-0.2, -0.15) is 0 Å². The molecule has 1 N–H and O–H groups in total. The van der Waals surface area contributed by atoms with Crippen molar-refractivity contribution in [2.45, 2.75) is 46.1 Å². The maximum Gasteiger partial charge on any atom is 0.0391 e. The smallest absolute Gasteiger partial charge is 0.0391 e. The van der Waals surface area contributed by atoms with Crippen LogP contribution in [0.25, 0.3) is 0 Å². The minimum atomic E-state index is -0.635. The fourth-order valence-corrected chi connectivity index (χ4v) is 3.08. The van der Waals surface area contributed by atoms with Crippen molar-refractivity contribution in [1.29, 1.82) is 0 Å². The second-order valence-electron chi connectivity index (χ2n) is 3.94. The van der Waals surface area contributed by atoms with Crippen LogP contribution in [-0.2, 0) is 10.8 Å². The van der Waals surface area contributed by atoms with Crippen LogP contribution >= 0.6 is 0 Å². The van der Waals surface area contributed by atoms with Crippen molar-refractivity contribution < 1.29 is 4.21 Å². The molecule has 0 spiro atoms. The van der Waals surface area contributed by atoms with Gasteiger partial charge in [-0.1, -0.05) is 33.6 Å². The second-order valence-corrected chi connectivity index (χ2v) is 5.57. The fourth-order valence-electron chi connectivity index (χ4n) is 1.41. The highest BCUT2D eigenvalue weighted by atomic mass is 32.2. The van der Waals surface area contributed by atoms with Crippen molar-refractivity contribution in [2.75, 3.05) is 18.6 Å². The van der Waals surface area contributed by atoms with E-state index in [1.54, 1.807) is 0 Å². The molecule has 0 radical (unpaired) electrons. The summed E-state index contributed by atoms with van der Waals surface area (Å²) in [6.45, 7) is 6.55. The quantitative estimate of drug-likeness (QED) is 0.678. The Morgan fingerprint density at radius 3 is 2.43 bits per heavy atom. The zero-order valence-electron chi connectivity index (χ0n) is 10.0. The predicted molar refractivity (Wildman–Crippen MR) is 65.1 cm³/mol. The van der Waals surface area contributed by atoms with Gasteiger partial charge in [-0.3, -0.25) is 4.21 Å². The van der Waals surface area contributed by atoms with Crippen LogP contribution in [-0.4, -0.2) is 28.8 Å². The molecule has 0 amide bonds. The van der Waals surface area contributed by atoms with Crippen LogP contribution in [0.5, 0.6) is 0 Å². The lowest BCUT2D eigenvalue weighted by molar-refractivity contribution is 0.418. The van der Waals surface area contributed by atoms with Gasteiger partial charge in [0.15, 0.2) is 0 Å². The lowest BCUT2D eigenvalue weighted by Crippen LogP contribution is -2.37. The molecule has 3 heteroatoms. The maximum atomic E-state index is 11.7. The zero-order chi connectivity index (χ0) is 11.0. The molecule has 0 aliphatic heterocycles. The van der Waals surface area contributed by atoms with E-state index in [1.807, 2.05) is 7.05 Å². The summed E-state index contributed by atoms with van der Waals surface area (Å²) in [5.74, 6) is 2.29. The third kappa shape index (κ3) is 5.76. The van der Waals surface area contributed by atoms with E-state index in [0.29, 0.717) is 12.0 Å². The highest BCUT2D eigenvalue weighted by molar-refractivity contribution is 7.85. The third-order valence-corrected chi connectivity index (χ3v) is 4.27. The first-order valence-corrected chi connectivity index (χ1v) is 7.16. The molecule has 0 aromatic carbocycles. The first kappa shape index (κ1) is 14.1. The van der Waals surface area contributed by atoms with Gasteiger partial charge >= 0.3 is 0 Å². The first-order valence-electron chi connectivity index (χ1n) is 5.67. The Hall–Kier alpha value is 0.110. The van der Waals surface area contributed by atoms with Crippen molar-refractivity contribution in [2.24, 2.45) is 5.92 Å². The van der Waals surface area contributed by atoms with E-state index >= 15 is 0 Å². The normalized spacial score (nSPS) is 17.7. The molecule has 0 aliphatic rings. The van der Waals surface area contributed by atoms with Crippen molar-refractivity contribution >= 4 is 10.8 Å². The Kier molecular flexibility index (Phi) is 8.49. The fraction of sp³-hybridized carbons (Fsp3) is 1.00. The van der Waals surface area contributed by atoms with Gasteiger partial charge in [0.25, 0.3) is 0 Å². The number of nitrogens with one attached hydrogen (secondary N) is 1. The van der Waals surface area contributed by atoms with Crippen molar-refractivity contribution in [1.82, 2.24) is 5.32 Å². The van der Waals surface area contributed by atoms with Crippen molar-refractivity contribution in [3.63, 3.8) is 0 Å². The monoisotopic (exact) mass is 219 g/mol. The maximum absolute atomic E-state index is 11.7. The van der Waals surface area contributed by atoms with Crippen LogP contribution in [0.15, 0.2) is 0 Å². The summed E-state index contributed by atoms with van der Waals surface area (Å²) in [5.41, 5.74) is 0. The van der Waals surface area contributed by atoms with Crippen molar-refractivity contribution in [3.05, 3.63) is 0 Å². The summed E-state index contributed by atoms with van der Waals surface area (Å²) in [6.07, 6.45) is 3.37. The summed E-state index contributed by atoms with van der Waals surface area (Å²) in [6, 6.07) is 0.415. The number of hydrogen-bond acceptors (Lipinski definition) is 2. The lowest BCUT2D eigenvalue weighted by Gasteiger charge is -2.21. The largest absolute Gasteiger partial charge is 0.316 e.